The molecule has 1 aromatic heterocycles. The van der Waals surface area contributed by atoms with Crippen LogP contribution in [-0.2, 0) is 6.54 Å². The second kappa shape index (κ2) is 7.30. The van der Waals surface area contributed by atoms with E-state index in [4.69, 9.17) is 0 Å². The predicted octanol–water partition coefficient (Wildman–Crippen LogP) is 4.18. The van der Waals surface area contributed by atoms with Crippen molar-refractivity contribution < 1.29 is 0 Å². The molecule has 3 rings (SSSR count). The Labute approximate surface area is 148 Å². The summed E-state index contributed by atoms with van der Waals surface area (Å²) in [7, 11) is 1.99. The third-order valence-electron chi connectivity index (χ3n) is 3.97. The third-order valence-corrected chi connectivity index (χ3v) is 3.97. The van der Waals surface area contributed by atoms with Crippen LogP contribution in [0.5, 0.6) is 0 Å². The van der Waals surface area contributed by atoms with Crippen LogP contribution in [0.1, 0.15) is 22.5 Å². The van der Waals surface area contributed by atoms with Gasteiger partial charge < -0.3 is 10.2 Å². The lowest BCUT2D eigenvalue weighted by Crippen LogP contribution is -2.20. The normalized spacial score (nSPS) is 10.6. The van der Waals surface area contributed by atoms with Gasteiger partial charge in [-0.05, 0) is 38.0 Å². The highest BCUT2D eigenvalue weighted by Crippen LogP contribution is 2.21. The van der Waals surface area contributed by atoms with Crippen LogP contribution in [0.25, 0.3) is 0 Å². The lowest BCUT2D eigenvalue weighted by Gasteiger charge is -2.18. The maximum absolute atomic E-state index is 4.58. The number of aryl methyl sites for hydroxylation is 3. The zero-order valence-electron chi connectivity index (χ0n) is 15.1. The third kappa shape index (κ3) is 4.32. The molecule has 1 heterocycles. The first-order valence-corrected chi connectivity index (χ1v) is 8.33. The quantitative estimate of drug-likeness (QED) is 0.759. The summed E-state index contributed by atoms with van der Waals surface area (Å²) in [6.07, 6.45) is 0. The average Bonchev–Trinajstić information content (AvgIpc) is 2.58. The Hall–Kier alpha value is -2.95. The molecular formula is C20H23N5. The van der Waals surface area contributed by atoms with E-state index in [0.29, 0.717) is 17.7 Å². The summed E-state index contributed by atoms with van der Waals surface area (Å²) >= 11 is 0. The Morgan fingerprint density at radius 3 is 2.40 bits per heavy atom. The van der Waals surface area contributed by atoms with E-state index in [9.17, 15) is 0 Å². The molecule has 5 nitrogen and oxygen atoms in total. The van der Waals surface area contributed by atoms with Crippen LogP contribution in [0.3, 0.4) is 0 Å². The first-order chi connectivity index (χ1) is 12.0. The highest BCUT2D eigenvalue weighted by molar-refractivity contribution is 5.59. The van der Waals surface area contributed by atoms with Crippen molar-refractivity contribution in [3.05, 3.63) is 71.0 Å². The molecule has 0 spiro atoms. The molecule has 0 atom stereocenters. The van der Waals surface area contributed by atoms with Crippen molar-refractivity contribution in [1.82, 2.24) is 15.0 Å². The van der Waals surface area contributed by atoms with Crippen LogP contribution in [-0.4, -0.2) is 22.0 Å². The molecule has 0 fully saturated rings. The van der Waals surface area contributed by atoms with E-state index in [0.717, 1.165) is 17.8 Å². The van der Waals surface area contributed by atoms with Gasteiger partial charge >= 0.3 is 0 Å². The number of rotatable bonds is 5. The van der Waals surface area contributed by atoms with Crippen LogP contribution in [0, 0.1) is 20.8 Å². The topological polar surface area (TPSA) is 53.9 Å². The zero-order valence-corrected chi connectivity index (χ0v) is 15.1. The Morgan fingerprint density at radius 2 is 1.68 bits per heavy atom. The molecule has 0 saturated heterocycles. The van der Waals surface area contributed by atoms with E-state index >= 15 is 0 Å². The lowest BCUT2D eigenvalue weighted by molar-refractivity contribution is 0.841. The summed E-state index contributed by atoms with van der Waals surface area (Å²) in [6, 6.07) is 16.5. The summed E-state index contributed by atoms with van der Waals surface area (Å²) in [6.45, 7) is 6.79. The van der Waals surface area contributed by atoms with E-state index in [-0.39, 0.29) is 0 Å². The van der Waals surface area contributed by atoms with Gasteiger partial charge in [0.2, 0.25) is 11.9 Å². The number of aromatic nitrogens is 3. The van der Waals surface area contributed by atoms with E-state index in [2.05, 4.69) is 64.4 Å². The number of hydrogen-bond acceptors (Lipinski definition) is 5. The smallest absolute Gasteiger partial charge is 0.232 e. The van der Waals surface area contributed by atoms with Crippen molar-refractivity contribution in [1.29, 1.82) is 0 Å². The molecule has 128 valence electrons. The van der Waals surface area contributed by atoms with Crippen molar-refractivity contribution in [2.75, 3.05) is 17.3 Å². The van der Waals surface area contributed by atoms with Gasteiger partial charge in [-0.1, -0.05) is 48.0 Å². The molecule has 0 radical (unpaired) electrons. The van der Waals surface area contributed by atoms with Crippen LogP contribution in [0.2, 0.25) is 0 Å². The maximum Gasteiger partial charge on any atom is 0.232 e. The second-order valence-corrected chi connectivity index (χ2v) is 6.29. The van der Waals surface area contributed by atoms with Gasteiger partial charge in [-0.15, -0.1) is 0 Å². The Morgan fingerprint density at radius 1 is 0.920 bits per heavy atom. The van der Waals surface area contributed by atoms with E-state index in [1.165, 1.54) is 11.1 Å². The number of anilines is 3. The standard InChI is InChI=1S/C20H23N5/c1-14-10-11-18(15(2)12-14)23-19-21-16(3)22-20(24-19)25(4)13-17-8-6-5-7-9-17/h5-12H,13H2,1-4H3,(H,21,22,23,24). The summed E-state index contributed by atoms with van der Waals surface area (Å²) in [5.74, 6) is 1.91. The SMILES string of the molecule is Cc1ccc(Nc2nc(C)nc(N(C)Cc3ccccc3)n2)c(C)c1. The van der Waals surface area contributed by atoms with Gasteiger partial charge in [-0.25, -0.2) is 0 Å². The molecule has 3 aromatic rings. The van der Waals surface area contributed by atoms with Crippen molar-refractivity contribution in [3.63, 3.8) is 0 Å². The molecule has 0 unspecified atom stereocenters. The van der Waals surface area contributed by atoms with Crippen molar-refractivity contribution in [3.8, 4) is 0 Å². The lowest BCUT2D eigenvalue weighted by atomic mass is 10.1. The van der Waals surface area contributed by atoms with Crippen LogP contribution in [0.4, 0.5) is 17.6 Å². The summed E-state index contributed by atoms with van der Waals surface area (Å²) in [5.41, 5.74) is 4.62. The second-order valence-electron chi connectivity index (χ2n) is 6.29. The van der Waals surface area contributed by atoms with Gasteiger partial charge in [0.15, 0.2) is 0 Å². The summed E-state index contributed by atoms with van der Waals surface area (Å²) in [5, 5.41) is 3.31. The first-order valence-electron chi connectivity index (χ1n) is 8.33. The Balaban J connectivity index is 1.82. The fourth-order valence-corrected chi connectivity index (χ4v) is 2.70. The van der Waals surface area contributed by atoms with Gasteiger partial charge in [0, 0.05) is 19.3 Å². The fraction of sp³-hybridized carbons (Fsp3) is 0.250. The number of hydrogen-bond donors (Lipinski definition) is 1. The van der Waals surface area contributed by atoms with Gasteiger partial charge in [0.05, 0.1) is 0 Å². The molecule has 5 heteroatoms. The molecule has 0 aliphatic heterocycles. The average molecular weight is 333 g/mol. The molecule has 0 amide bonds. The Kier molecular flexibility index (Phi) is 4.93. The fourth-order valence-electron chi connectivity index (χ4n) is 2.70. The Bertz CT molecular complexity index is 861. The minimum Gasteiger partial charge on any atom is -0.339 e. The summed E-state index contributed by atoms with van der Waals surface area (Å²) < 4.78 is 0. The molecule has 0 bridgehead atoms. The minimum atomic E-state index is 0.564. The molecule has 2 aromatic carbocycles. The van der Waals surface area contributed by atoms with Crippen molar-refractivity contribution in [2.24, 2.45) is 0 Å². The molecule has 1 N–H and O–H groups in total. The zero-order chi connectivity index (χ0) is 17.8. The van der Waals surface area contributed by atoms with Crippen LogP contribution >= 0.6 is 0 Å². The van der Waals surface area contributed by atoms with Gasteiger partial charge in [0.1, 0.15) is 5.82 Å². The highest BCUT2D eigenvalue weighted by Gasteiger charge is 2.10. The minimum absolute atomic E-state index is 0.564. The van der Waals surface area contributed by atoms with E-state index < -0.39 is 0 Å². The molecule has 25 heavy (non-hydrogen) atoms. The highest BCUT2D eigenvalue weighted by atomic mass is 15.3. The number of benzene rings is 2. The van der Waals surface area contributed by atoms with E-state index in [1.807, 2.05) is 37.1 Å². The van der Waals surface area contributed by atoms with Crippen molar-refractivity contribution in [2.45, 2.75) is 27.3 Å². The van der Waals surface area contributed by atoms with E-state index in [1.54, 1.807) is 0 Å². The maximum atomic E-state index is 4.58. The monoisotopic (exact) mass is 333 g/mol. The van der Waals surface area contributed by atoms with Crippen LogP contribution < -0.4 is 10.2 Å². The van der Waals surface area contributed by atoms with Gasteiger partial charge in [-0.2, -0.15) is 15.0 Å². The molecule has 0 saturated carbocycles. The summed E-state index contributed by atoms with van der Waals surface area (Å²) in [4.78, 5) is 15.5. The van der Waals surface area contributed by atoms with Crippen LogP contribution in [0.15, 0.2) is 48.5 Å². The number of nitrogens with zero attached hydrogens (tertiary/aromatic N) is 4. The van der Waals surface area contributed by atoms with Crippen molar-refractivity contribution >= 4 is 17.6 Å². The number of nitrogens with one attached hydrogen (secondary N) is 1. The molecule has 0 aliphatic carbocycles. The predicted molar refractivity (Wildman–Crippen MR) is 102 cm³/mol. The molecular weight excluding hydrogens is 310 g/mol. The largest absolute Gasteiger partial charge is 0.339 e. The first kappa shape index (κ1) is 16.9. The van der Waals surface area contributed by atoms with Gasteiger partial charge in [-0.3, -0.25) is 0 Å². The molecule has 0 aliphatic rings. The van der Waals surface area contributed by atoms with Gasteiger partial charge in [0.25, 0.3) is 0 Å².